The lowest BCUT2D eigenvalue weighted by Gasteiger charge is -2.15. The number of benzene rings is 1. The molecule has 0 aliphatic heterocycles. The highest BCUT2D eigenvalue weighted by molar-refractivity contribution is 9.10. The number of aliphatic hydroxyl groups is 1. The van der Waals surface area contributed by atoms with E-state index in [1.807, 2.05) is 0 Å². The highest BCUT2D eigenvalue weighted by Gasteiger charge is 2.30. The first-order valence-electron chi connectivity index (χ1n) is 6.51. The standard InChI is InChI=1S/C14H13BrF3N3O2/c1-21-13(23)12(15)10(6-20-21)19-7-11(22)8-3-2-4-9(5-8)14(16,17)18/h2-6,11,19,22H,7H2,1H3. The smallest absolute Gasteiger partial charge is 0.387 e. The van der Waals surface area contributed by atoms with Crippen molar-refractivity contribution in [3.05, 3.63) is 56.4 Å². The minimum absolute atomic E-state index is 0.0746. The summed E-state index contributed by atoms with van der Waals surface area (Å²) >= 11 is 3.11. The van der Waals surface area contributed by atoms with Crippen LogP contribution in [0.25, 0.3) is 0 Å². The summed E-state index contributed by atoms with van der Waals surface area (Å²) < 4.78 is 39.4. The van der Waals surface area contributed by atoms with Crippen LogP contribution in [0.3, 0.4) is 0 Å². The van der Waals surface area contributed by atoms with Crippen molar-refractivity contribution < 1.29 is 18.3 Å². The fourth-order valence-corrected chi connectivity index (χ4v) is 2.38. The largest absolute Gasteiger partial charge is 0.416 e. The lowest BCUT2D eigenvalue weighted by molar-refractivity contribution is -0.137. The molecule has 0 bridgehead atoms. The lowest BCUT2D eigenvalue weighted by Crippen LogP contribution is -2.22. The van der Waals surface area contributed by atoms with Gasteiger partial charge in [-0.3, -0.25) is 4.79 Å². The van der Waals surface area contributed by atoms with Crippen LogP contribution in [0, 0.1) is 0 Å². The van der Waals surface area contributed by atoms with Gasteiger partial charge >= 0.3 is 6.18 Å². The monoisotopic (exact) mass is 391 g/mol. The number of aryl methyl sites for hydroxylation is 1. The molecule has 2 N–H and O–H groups in total. The molecule has 2 rings (SSSR count). The molecule has 0 aliphatic rings. The number of aliphatic hydroxyl groups excluding tert-OH is 1. The molecule has 2 aromatic rings. The Hall–Kier alpha value is -1.87. The van der Waals surface area contributed by atoms with Crippen LogP contribution in [0.1, 0.15) is 17.2 Å². The molecule has 5 nitrogen and oxygen atoms in total. The number of hydrogen-bond acceptors (Lipinski definition) is 4. The molecule has 0 saturated heterocycles. The van der Waals surface area contributed by atoms with E-state index in [2.05, 4.69) is 26.3 Å². The highest BCUT2D eigenvalue weighted by Crippen LogP contribution is 2.30. The summed E-state index contributed by atoms with van der Waals surface area (Å²) in [5, 5.41) is 16.6. The average molecular weight is 392 g/mol. The van der Waals surface area contributed by atoms with E-state index in [1.54, 1.807) is 0 Å². The second kappa shape index (κ2) is 6.71. The molecule has 0 amide bonds. The van der Waals surface area contributed by atoms with Gasteiger partial charge < -0.3 is 10.4 Å². The van der Waals surface area contributed by atoms with Gasteiger partial charge in [-0.2, -0.15) is 18.3 Å². The summed E-state index contributed by atoms with van der Waals surface area (Å²) in [6.45, 7) is -0.0746. The van der Waals surface area contributed by atoms with Crippen molar-refractivity contribution in [2.45, 2.75) is 12.3 Å². The zero-order valence-corrected chi connectivity index (χ0v) is 13.5. The Bertz CT molecular complexity index is 762. The Balaban J connectivity index is 2.13. The van der Waals surface area contributed by atoms with Crippen LogP contribution in [0.4, 0.5) is 18.9 Å². The Kier molecular flexibility index (Phi) is 5.10. The van der Waals surface area contributed by atoms with Crippen molar-refractivity contribution in [2.24, 2.45) is 7.05 Å². The molecule has 0 fully saturated rings. The van der Waals surface area contributed by atoms with Crippen LogP contribution >= 0.6 is 15.9 Å². The molecule has 1 unspecified atom stereocenters. The molecule has 0 saturated carbocycles. The van der Waals surface area contributed by atoms with E-state index in [4.69, 9.17) is 0 Å². The Morgan fingerprint density at radius 1 is 1.43 bits per heavy atom. The van der Waals surface area contributed by atoms with Gasteiger partial charge in [0.25, 0.3) is 5.56 Å². The summed E-state index contributed by atoms with van der Waals surface area (Å²) in [6.07, 6.45) is -4.26. The summed E-state index contributed by atoms with van der Waals surface area (Å²) in [5.41, 5.74) is -0.728. The van der Waals surface area contributed by atoms with E-state index in [-0.39, 0.29) is 22.1 Å². The molecule has 1 heterocycles. The van der Waals surface area contributed by atoms with Crippen molar-refractivity contribution in [1.29, 1.82) is 0 Å². The third-order valence-electron chi connectivity index (χ3n) is 3.16. The topological polar surface area (TPSA) is 67.2 Å². The van der Waals surface area contributed by atoms with E-state index in [0.717, 1.165) is 16.8 Å². The van der Waals surface area contributed by atoms with Crippen molar-refractivity contribution >= 4 is 21.6 Å². The molecule has 0 aliphatic carbocycles. The van der Waals surface area contributed by atoms with Crippen LogP contribution in [0.2, 0.25) is 0 Å². The highest BCUT2D eigenvalue weighted by atomic mass is 79.9. The van der Waals surface area contributed by atoms with Crippen molar-refractivity contribution in [1.82, 2.24) is 9.78 Å². The van der Waals surface area contributed by atoms with Gasteiger partial charge in [0.1, 0.15) is 4.47 Å². The lowest BCUT2D eigenvalue weighted by atomic mass is 10.1. The summed E-state index contributed by atoms with van der Waals surface area (Å²) in [4.78, 5) is 11.7. The Labute approximate surface area is 137 Å². The molecule has 9 heteroatoms. The van der Waals surface area contributed by atoms with E-state index in [9.17, 15) is 23.1 Å². The van der Waals surface area contributed by atoms with Gasteiger partial charge in [-0.15, -0.1) is 0 Å². The molecule has 1 aromatic heterocycles. The van der Waals surface area contributed by atoms with Gasteiger partial charge in [0.2, 0.25) is 0 Å². The average Bonchev–Trinajstić information content (AvgIpc) is 2.51. The number of hydrogen-bond donors (Lipinski definition) is 2. The van der Waals surface area contributed by atoms with Crippen molar-refractivity contribution in [3.63, 3.8) is 0 Å². The molecule has 1 atom stereocenters. The van der Waals surface area contributed by atoms with Gasteiger partial charge in [0, 0.05) is 13.6 Å². The molecular weight excluding hydrogens is 379 g/mol. The van der Waals surface area contributed by atoms with Gasteiger partial charge in [-0.25, -0.2) is 4.68 Å². The Morgan fingerprint density at radius 2 is 2.13 bits per heavy atom. The maximum Gasteiger partial charge on any atom is 0.416 e. The molecular formula is C14H13BrF3N3O2. The van der Waals surface area contributed by atoms with Crippen LogP contribution in [0.5, 0.6) is 0 Å². The minimum Gasteiger partial charge on any atom is -0.387 e. The van der Waals surface area contributed by atoms with E-state index in [0.29, 0.717) is 5.69 Å². The number of nitrogens with one attached hydrogen (secondary N) is 1. The number of aromatic nitrogens is 2. The summed E-state index contributed by atoms with van der Waals surface area (Å²) in [5.74, 6) is 0. The number of nitrogens with zero attached hydrogens (tertiary/aromatic N) is 2. The van der Waals surface area contributed by atoms with E-state index < -0.39 is 17.8 Å². The predicted octanol–water partition coefficient (Wildman–Crippen LogP) is 2.71. The number of alkyl halides is 3. The second-order valence-corrected chi connectivity index (χ2v) is 5.61. The van der Waals surface area contributed by atoms with E-state index in [1.165, 1.54) is 25.4 Å². The van der Waals surface area contributed by atoms with Gasteiger partial charge in [0.15, 0.2) is 0 Å². The van der Waals surface area contributed by atoms with Gasteiger partial charge in [-0.1, -0.05) is 12.1 Å². The minimum atomic E-state index is -4.47. The predicted molar refractivity (Wildman–Crippen MR) is 82.1 cm³/mol. The maximum atomic E-state index is 12.7. The molecule has 0 spiro atoms. The van der Waals surface area contributed by atoms with Crippen LogP contribution in [0.15, 0.2) is 39.7 Å². The Morgan fingerprint density at radius 3 is 2.78 bits per heavy atom. The molecule has 1 aromatic carbocycles. The normalized spacial score (nSPS) is 13.0. The number of anilines is 1. The van der Waals surface area contributed by atoms with Gasteiger partial charge in [-0.05, 0) is 33.6 Å². The SMILES string of the molecule is Cn1ncc(NCC(O)c2cccc(C(F)(F)F)c2)c(Br)c1=O. The number of rotatable bonds is 4. The first kappa shape index (κ1) is 17.5. The van der Waals surface area contributed by atoms with Crippen LogP contribution < -0.4 is 10.9 Å². The van der Waals surface area contributed by atoms with E-state index >= 15 is 0 Å². The van der Waals surface area contributed by atoms with Crippen LogP contribution in [-0.2, 0) is 13.2 Å². The third kappa shape index (κ3) is 4.11. The van der Waals surface area contributed by atoms with Crippen LogP contribution in [-0.4, -0.2) is 21.4 Å². The first-order chi connectivity index (χ1) is 10.7. The van der Waals surface area contributed by atoms with Crippen molar-refractivity contribution in [2.75, 3.05) is 11.9 Å². The molecule has 124 valence electrons. The maximum absolute atomic E-state index is 12.7. The zero-order valence-electron chi connectivity index (χ0n) is 11.9. The quantitative estimate of drug-likeness (QED) is 0.840. The number of halogens is 4. The van der Waals surface area contributed by atoms with Gasteiger partial charge in [0.05, 0.1) is 23.6 Å². The molecule has 0 radical (unpaired) electrons. The summed E-state index contributed by atoms with van der Waals surface area (Å²) in [6, 6.07) is 4.46. The molecule has 23 heavy (non-hydrogen) atoms. The fraction of sp³-hybridized carbons (Fsp3) is 0.286. The van der Waals surface area contributed by atoms with Crippen molar-refractivity contribution in [3.8, 4) is 0 Å². The fourth-order valence-electron chi connectivity index (χ4n) is 1.88. The zero-order chi connectivity index (χ0) is 17.2. The first-order valence-corrected chi connectivity index (χ1v) is 7.30. The third-order valence-corrected chi connectivity index (χ3v) is 3.93. The summed E-state index contributed by atoms with van der Waals surface area (Å²) in [7, 11) is 1.48. The second-order valence-electron chi connectivity index (χ2n) is 4.82.